The second kappa shape index (κ2) is 8.80. The lowest BCUT2D eigenvalue weighted by Crippen LogP contribution is -2.15. The first-order valence-electron chi connectivity index (χ1n) is 8.84. The van der Waals surface area contributed by atoms with Gasteiger partial charge in [-0.3, -0.25) is 4.79 Å². The van der Waals surface area contributed by atoms with E-state index < -0.39 is 0 Å². The van der Waals surface area contributed by atoms with Gasteiger partial charge in [0.1, 0.15) is 17.3 Å². The molecule has 0 fully saturated rings. The van der Waals surface area contributed by atoms with E-state index in [0.29, 0.717) is 23.9 Å². The van der Waals surface area contributed by atoms with Crippen LogP contribution in [-0.4, -0.2) is 22.5 Å². The van der Waals surface area contributed by atoms with Crippen LogP contribution in [0.3, 0.4) is 0 Å². The van der Waals surface area contributed by atoms with Gasteiger partial charge in [-0.2, -0.15) is 0 Å². The molecule has 6 nitrogen and oxygen atoms in total. The summed E-state index contributed by atoms with van der Waals surface area (Å²) in [4.78, 5) is 21.0. The van der Waals surface area contributed by atoms with Gasteiger partial charge in [0.25, 0.3) is 5.91 Å². The lowest BCUT2D eigenvalue weighted by molar-refractivity contribution is 0.102. The lowest BCUT2D eigenvalue weighted by Gasteiger charge is -2.15. The summed E-state index contributed by atoms with van der Waals surface area (Å²) < 4.78 is 5.52. The van der Waals surface area contributed by atoms with E-state index >= 15 is 0 Å². The van der Waals surface area contributed by atoms with E-state index in [0.717, 1.165) is 5.56 Å². The predicted molar refractivity (Wildman–Crippen MR) is 106 cm³/mol. The summed E-state index contributed by atoms with van der Waals surface area (Å²) >= 11 is 0. The lowest BCUT2D eigenvalue weighted by atomic mass is 10.1. The minimum atomic E-state index is -0.336. The summed E-state index contributed by atoms with van der Waals surface area (Å²) in [5.41, 5.74) is 1.99. The maximum absolute atomic E-state index is 12.4. The molecule has 0 aliphatic heterocycles. The molecule has 1 amide bonds. The fourth-order valence-corrected chi connectivity index (χ4v) is 2.60. The number of anilines is 2. The number of rotatable bonds is 7. The van der Waals surface area contributed by atoms with E-state index in [1.165, 1.54) is 6.20 Å². The minimum absolute atomic E-state index is 0.0817. The van der Waals surface area contributed by atoms with E-state index in [-0.39, 0.29) is 17.6 Å². The van der Waals surface area contributed by atoms with Gasteiger partial charge >= 0.3 is 0 Å². The Bertz CT molecular complexity index is 882. The number of nitrogens with one attached hydrogen (secondary N) is 2. The van der Waals surface area contributed by atoms with Crippen molar-refractivity contribution < 1.29 is 9.53 Å². The maximum atomic E-state index is 12.4. The van der Waals surface area contributed by atoms with Crippen molar-refractivity contribution in [3.05, 3.63) is 78.2 Å². The summed E-state index contributed by atoms with van der Waals surface area (Å²) in [6, 6.07) is 17.4. The standard InChI is InChI=1S/C21H22N4O2/c1-3-27-19-12-8-7-11-17(19)25-21(26)18-13-23-20(14-22-18)24-15(2)16-9-5-4-6-10-16/h4-15H,3H2,1-2H3,(H,23,24)(H,25,26). The molecular weight excluding hydrogens is 340 g/mol. The second-order valence-corrected chi connectivity index (χ2v) is 5.95. The average Bonchev–Trinajstić information content (AvgIpc) is 2.71. The quantitative estimate of drug-likeness (QED) is 0.655. The van der Waals surface area contributed by atoms with Crippen LogP contribution in [0, 0.1) is 0 Å². The molecule has 27 heavy (non-hydrogen) atoms. The van der Waals surface area contributed by atoms with E-state index in [1.54, 1.807) is 12.3 Å². The monoisotopic (exact) mass is 362 g/mol. The first-order chi connectivity index (χ1) is 13.2. The fourth-order valence-electron chi connectivity index (χ4n) is 2.60. The van der Waals surface area contributed by atoms with Crippen LogP contribution in [0.4, 0.5) is 11.5 Å². The summed E-state index contributed by atoms with van der Waals surface area (Å²) in [6.07, 6.45) is 3.02. The summed E-state index contributed by atoms with van der Waals surface area (Å²) in [5, 5.41) is 6.09. The van der Waals surface area contributed by atoms with Gasteiger partial charge < -0.3 is 15.4 Å². The number of para-hydroxylation sites is 2. The second-order valence-electron chi connectivity index (χ2n) is 5.95. The van der Waals surface area contributed by atoms with Gasteiger partial charge in [0.2, 0.25) is 0 Å². The molecule has 1 atom stereocenters. The van der Waals surface area contributed by atoms with E-state index in [4.69, 9.17) is 4.74 Å². The molecule has 0 radical (unpaired) electrons. The molecule has 6 heteroatoms. The minimum Gasteiger partial charge on any atom is -0.492 e. The van der Waals surface area contributed by atoms with Crippen LogP contribution in [0.15, 0.2) is 67.0 Å². The van der Waals surface area contributed by atoms with E-state index in [9.17, 15) is 4.79 Å². The average molecular weight is 362 g/mol. The van der Waals surface area contributed by atoms with Crippen molar-refractivity contribution in [2.45, 2.75) is 19.9 Å². The zero-order valence-corrected chi connectivity index (χ0v) is 15.3. The molecule has 1 heterocycles. The molecule has 0 aliphatic carbocycles. The van der Waals surface area contributed by atoms with Crippen molar-refractivity contribution in [3.8, 4) is 5.75 Å². The zero-order valence-electron chi connectivity index (χ0n) is 15.3. The first-order valence-corrected chi connectivity index (χ1v) is 8.84. The molecule has 1 unspecified atom stereocenters. The highest BCUT2D eigenvalue weighted by Gasteiger charge is 2.12. The smallest absolute Gasteiger partial charge is 0.275 e. The molecule has 2 N–H and O–H groups in total. The molecule has 3 aromatic rings. The van der Waals surface area contributed by atoms with Crippen molar-refractivity contribution in [1.82, 2.24) is 9.97 Å². The Labute approximate surface area is 158 Å². The number of hydrogen-bond acceptors (Lipinski definition) is 5. The van der Waals surface area contributed by atoms with E-state index in [1.807, 2.05) is 62.4 Å². The third-order valence-electron chi connectivity index (χ3n) is 3.98. The largest absolute Gasteiger partial charge is 0.492 e. The number of aromatic nitrogens is 2. The maximum Gasteiger partial charge on any atom is 0.275 e. The fraction of sp³-hybridized carbons (Fsp3) is 0.190. The Morgan fingerprint density at radius 3 is 2.48 bits per heavy atom. The Morgan fingerprint density at radius 2 is 1.78 bits per heavy atom. The van der Waals surface area contributed by atoms with Crippen LogP contribution in [0.2, 0.25) is 0 Å². The Balaban J connectivity index is 1.66. The molecule has 3 rings (SSSR count). The Hall–Kier alpha value is -3.41. The molecule has 0 saturated carbocycles. The van der Waals surface area contributed by atoms with Crippen LogP contribution in [0.1, 0.15) is 35.9 Å². The van der Waals surface area contributed by atoms with Crippen LogP contribution in [-0.2, 0) is 0 Å². The summed E-state index contributed by atoms with van der Waals surface area (Å²) in [5.74, 6) is 0.895. The zero-order chi connectivity index (χ0) is 19.1. The third-order valence-corrected chi connectivity index (χ3v) is 3.98. The summed E-state index contributed by atoms with van der Waals surface area (Å²) in [7, 11) is 0. The third kappa shape index (κ3) is 4.82. The van der Waals surface area contributed by atoms with Gasteiger partial charge in [0.15, 0.2) is 0 Å². The highest BCUT2D eigenvalue weighted by Crippen LogP contribution is 2.24. The highest BCUT2D eigenvalue weighted by molar-refractivity contribution is 6.03. The van der Waals surface area contributed by atoms with Gasteiger partial charge in [-0.15, -0.1) is 0 Å². The number of amides is 1. The number of nitrogens with zero attached hydrogens (tertiary/aromatic N) is 2. The van der Waals surface area contributed by atoms with Gasteiger partial charge in [0, 0.05) is 6.04 Å². The normalized spacial score (nSPS) is 11.5. The van der Waals surface area contributed by atoms with Crippen LogP contribution in [0.5, 0.6) is 5.75 Å². The molecule has 0 spiro atoms. The molecule has 2 aromatic carbocycles. The number of benzene rings is 2. The molecule has 138 valence electrons. The van der Waals surface area contributed by atoms with Crippen LogP contribution < -0.4 is 15.4 Å². The van der Waals surface area contributed by atoms with Crippen molar-refractivity contribution in [1.29, 1.82) is 0 Å². The Morgan fingerprint density at radius 1 is 1.04 bits per heavy atom. The summed E-state index contributed by atoms with van der Waals surface area (Å²) in [6.45, 7) is 4.46. The van der Waals surface area contributed by atoms with Gasteiger partial charge in [0.05, 0.1) is 24.7 Å². The van der Waals surface area contributed by atoms with E-state index in [2.05, 4.69) is 20.6 Å². The SMILES string of the molecule is CCOc1ccccc1NC(=O)c1cnc(NC(C)c2ccccc2)cn1. The molecule has 0 aliphatic rings. The molecule has 1 aromatic heterocycles. The van der Waals surface area contributed by atoms with Crippen molar-refractivity contribution in [2.75, 3.05) is 17.2 Å². The molecule has 0 bridgehead atoms. The molecular formula is C21H22N4O2. The van der Waals surface area contributed by atoms with Crippen LogP contribution in [0.25, 0.3) is 0 Å². The number of carbonyl (C=O) groups is 1. The highest BCUT2D eigenvalue weighted by atomic mass is 16.5. The topological polar surface area (TPSA) is 76.1 Å². The van der Waals surface area contributed by atoms with Gasteiger partial charge in [-0.1, -0.05) is 42.5 Å². The van der Waals surface area contributed by atoms with Crippen molar-refractivity contribution >= 4 is 17.4 Å². The Kier molecular flexibility index (Phi) is 5.99. The number of carbonyl (C=O) groups excluding carboxylic acids is 1. The predicted octanol–water partition coefficient (Wildman–Crippen LogP) is 4.30. The van der Waals surface area contributed by atoms with Crippen LogP contribution >= 0.6 is 0 Å². The first kappa shape index (κ1) is 18.4. The van der Waals surface area contributed by atoms with Gasteiger partial charge in [-0.05, 0) is 31.5 Å². The van der Waals surface area contributed by atoms with Crippen molar-refractivity contribution in [3.63, 3.8) is 0 Å². The number of hydrogen-bond donors (Lipinski definition) is 2. The number of ether oxygens (including phenoxy) is 1. The van der Waals surface area contributed by atoms with Gasteiger partial charge in [-0.25, -0.2) is 9.97 Å². The van der Waals surface area contributed by atoms with Crippen molar-refractivity contribution in [2.24, 2.45) is 0 Å². The molecule has 0 saturated heterocycles.